The van der Waals surface area contributed by atoms with E-state index < -0.39 is 11.6 Å². The second-order valence-electron chi connectivity index (χ2n) is 4.99. The van der Waals surface area contributed by atoms with Gasteiger partial charge < -0.3 is 10.4 Å². The van der Waals surface area contributed by atoms with Crippen LogP contribution < -0.4 is 5.32 Å². The summed E-state index contributed by atoms with van der Waals surface area (Å²) < 4.78 is 0. The molecule has 0 saturated carbocycles. The lowest BCUT2D eigenvalue weighted by Crippen LogP contribution is -2.50. The largest absolute Gasteiger partial charge is 0.391 e. The number of aliphatic hydroxyl groups excluding tert-OH is 1. The maximum atomic E-state index is 12.1. The van der Waals surface area contributed by atoms with Crippen molar-refractivity contribution in [2.75, 3.05) is 6.26 Å². The molecule has 3 nitrogen and oxygen atoms in total. The molecule has 18 heavy (non-hydrogen) atoms. The number of carbonyl (C=O) groups excluding carboxylic acids is 1. The average Bonchev–Trinajstić information content (AvgIpc) is 2.29. The van der Waals surface area contributed by atoms with Crippen molar-refractivity contribution in [1.29, 1.82) is 0 Å². The molecule has 0 aliphatic carbocycles. The summed E-state index contributed by atoms with van der Waals surface area (Å²) in [7, 11) is 0. The number of hydrogen-bond acceptors (Lipinski definition) is 3. The van der Waals surface area contributed by atoms with Gasteiger partial charge in [0, 0.05) is 11.3 Å². The van der Waals surface area contributed by atoms with Gasteiger partial charge in [0.2, 0.25) is 0 Å². The smallest absolute Gasteiger partial charge is 0.251 e. The third-order valence-corrected chi connectivity index (χ3v) is 3.60. The lowest BCUT2D eigenvalue weighted by Gasteiger charge is -2.29. The molecular formula is C14H21NO2S. The molecule has 100 valence electrons. The molecule has 1 aromatic carbocycles. The Morgan fingerprint density at radius 3 is 2.72 bits per heavy atom. The first-order valence-electron chi connectivity index (χ1n) is 5.95. The van der Waals surface area contributed by atoms with E-state index >= 15 is 0 Å². The summed E-state index contributed by atoms with van der Waals surface area (Å²) in [5.41, 5.74) is 1.13. The first-order chi connectivity index (χ1) is 8.36. The van der Waals surface area contributed by atoms with E-state index in [0.29, 0.717) is 5.56 Å². The van der Waals surface area contributed by atoms with Crippen molar-refractivity contribution in [2.24, 2.45) is 0 Å². The van der Waals surface area contributed by atoms with Gasteiger partial charge in [-0.1, -0.05) is 12.1 Å². The molecule has 1 atom stereocenters. The van der Waals surface area contributed by atoms with Crippen molar-refractivity contribution in [2.45, 2.75) is 38.2 Å². The molecule has 0 aliphatic rings. The average molecular weight is 267 g/mol. The maximum absolute atomic E-state index is 12.1. The standard InChI is InChI=1S/C14H21NO2S/c1-10(16)14(2,3)15-13(17)12-7-5-6-11(8-12)9-18-4/h5-8,10,16H,9H2,1-4H3,(H,15,17). The van der Waals surface area contributed by atoms with Crippen LogP contribution in [0.15, 0.2) is 24.3 Å². The van der Waals surface area contributed by atoms with Crippen LogP contribution in [0.2, 0.25) is 0 Å². The van der Waals surface area contributed by atoms with Crippen molar-refractivity contribution < 1.29 is 9.90 Å². The number of aliphatic hydroxyl groups is 1. The minimum atomic E-state index is -0.632. The number of benzene rings is 1. The summed E-state index contributed by atoms with van der Waals surface area (Å²) in [5.74, 6) is 0.741. The number of carbonyl (C=O) groups is 1. The van der Waals surface area contributed by atoms with Gasteiger partial charge in [-0.25, -0.2) is 0 Å². The molecule has 1 aromatic rings. The number of nitrogens with one attached hydrogen (secondary N) is 1. The Hall–Kier alpha value is -1.00. The predicted molar refractivity (Wildman–Crippen MR) is 76.9 cm³/mol. The van der Waals surface area contributed by atoms with Crippen LogP contribution in [0.1, 0.15) is 36.7 Å². The van der Waals surface area contributed by atoms with Crippen LogP contribution >= 0.6 is 11.8 Å². The SMILES string of the molecule is CSCc1cccc(C(=O)NC(C)(C)C(C)O)c1. The zero-order chi connectivity index (χ0) is 13.8. The number of rotatable bonds is 5. The minimum Gasteiger partial charge on any atom is -0.391 e. The zero-order valence-corrected chi connectivity index (χ0v) is 12.2. The third kappa shape index (κ3) is 4.03. The van der Waals surface area contributed by atoms with E-state index in [1.165, 1.54) is 0 Å². The molecule has 4 heteroatoms. The fraction of sp³-hybridized carbons (Fsp3) is 0.500. The van der Waals surface area contributed by atoms with Gasteiger partial charge in [0.15, 0.2) is 0 Å². The van der Waals surface area contributed by atoms with Crippen LogP contribution in [0.4, 0.5) is 0 Å². The predicted octanol–water partition coefficient (Wildman–Crippen LogP) is 2.44. The molecule has 0 aromatic heterocycles. The molecular weight excluding hydrogens is 246 g/mol. The molecule has 1 amide bonds. The van der Waals surface area contributed by atoms with Crippen molar-refractivity contribution in [1.82, 2.24) is 5.32 Å². The zero-order valence-electron chi connectivity index (χ0n) is 11.4. The molecule has 2 N–H and O–H groups in total. The van der Waals surface area contributed by atoms with Gasteiger partial charge in [-0.2, -0.15) is 11.8 Å². The second kappa shape index (κ2) is 6.25. The lowest BCUT2D eigenvalue weighted by atomic mass is 9.98. The van der Waals surface area contributed by atoms with E-state index in [1.54, 1.807) is 38.6 Å². The normalized spacial score (nSPS) is 13.2. The summed E-state index contributed by atoms with van der Waals surface area (Å²) in [5, 5.41) is 12.4. The van der Waals surface area contributed by atoms with Crippen molar-refractivity contribution in [3.05, 3.63) is 35.4 Å². The summed E-state index contributed by atoms with van der Waals surface area (Å²) in [6.07, 6.45) is 1.43. The van der Waals surface area contributed by atoms with Crippen molar-refractivity contribution in [3.8, 4) is 0 Å². The molecule has 0 saturated heterocycles. The fourth-order valence-corrected chi connectivity index (χ4v) is 1.95. The monoisotopic (exact) mass is 267 g/mol. The Morgan fingerprint density at radius 1 is 1.50 bits per heavy atom. The van der Waals surface area contributed by atoms with Gasteiger partial charge in [-0.3, -0.25) is 4.79 Å². The van der Waals surface area contributed by atoms with Gasteiger partial charge in [0.05, 0.1) is 11.6 Å². The summed E-state index contributed by atoms with van der Waals surface area (Å²) in [6.45, 7) is 5.28. The number of hydrogen-bond donors (Lipinski definition) is 2. The Kier molecular flexibility index (Phi) is 5.23. The Morgan fingerprint density at radius 2 is 2.17 bits per heavy atom. The van der Waals surface area contributed by atoms with Gasteiger partial charge >= 0.3 is 0 Å². The second-order valence-corrected chi connectivity index (χ2v) is 5.85. The lowest BCUT2D eigenvalue weighted by molar-refractivity contribution is 0.0709. The first kappa shape index (κ1) is 15.1. The van der Waals surface area contributed by atoms with E-state index in [-0.39, 0.29) is 5.91 Å². The molecule has 0 fully saturated rings. The van der Waals surface area contributed by atoms with Crippen molar-refractivity contribution in [3.63, 3.8) is 0 Å². The van der Waals surface area contributed by atoms with Gasteiger partial charge in [-0.05, 0) is 44.7 Å². The highest BCUT2D eigenvalue weighted by atomic mass is 32.2. The number of amides is 1. The highest BCUT2D eigenvalue weighted by Crippen LogP contribution is 2.14. The van der Waals surface area contributed by atoms with E-state index in [2.05, 4.69) is 5.32 Å². The number of thioether (sulfide) groups is 1. The topological polar surface area (TPSA) is 49.3 Å². The quantitative estimate of drug-likeness (QED) is 0.861. The Balaban J connectivity index is 2.81. The first-order valence-corrected chi connectivity index (χ1v) is 7.34. The van der Waals surface area contributed by atoms with Gasteiger partial charge in [0.1, 0.15) is 0 Å². The third-order valence-electron chi connectivity index (χ3n) is 2.98. The van der Waals surface area contributed by atoms with E-state index in [1.807, 2.05) is 24.5 Å². The maximum Gasteiger partial charge on any atom is 0.251 e. The van der Waals surface area contributed by atoms with Gasteiger partial charge in [-0.15, -0.1) is 0 Å². The van der Waals surface area contributed by atoms with E-state index in [0.717, 1.165) is 11.3 Å². The molecule has 1 rings (SSSR count). The van der Waals surface area contributed by atoms with Crippen LogP contribution in [0.25, 0.3) is 0 Å². The molecule has 0 radical (unpaired) electrons. The van der Waals surface area contributed by atoms with Crippen LogP contribution in [0.5, 0.6) is 0 Å². The van der Waals surface area contributed by atoms with Crippen LogP contribution in [0.3, 0.4) is 0 Å². The Labute approximate surface area is 113 Å². The summed E-state index contributed by atoms with van der Waals surface area (Å²) >= 11 is 1.72. The molecule has 1 unspecified atom stereocenters. The Bertz CT molecular complexity index is 416. The van der Waals surface area contributed by atoms with E-state index in [9.17, 15) is 9.90 Å². The van der Waals surface area contributed by atoms with Crippen LogP contribution in [-0.2, 0) is 5.75 Å². The summed E-state index contributed by atoms with van der Waals surface area (Å²) in [4.78, 5) is 12.1. The molecule has 0 bridgehead atoms. The van der Waals surface area contributed by atoms with Crippen molar-refractivity contribution >= 4 is 17.7 Å². The molecule has 0 heterocycles. The van der Waals surface area contributed by atoms with E-state index in [4.69, 9.17) is 0 Å². The molecule has 0 aliphatic heterocycles. The fourth-order valence-electron chi connectivity index (χ4n) is 1.44. The van der Waals surface area contributed by atoms with Gasteiger partial charge in [0.25, 0.3) is 5.91 Å². The molecule has 0 spiro atoms. The highest BCUT2D eigenvalue weighted by molar-refractivity contribution is 7.97. The van der Waals surface area contributed by atoms with Crippen LogP contribution in [0, 0.1) is 0 Å². The minimum absolute atomic E-state index is 0.149. The van der Waals surface area contributed by atoms with Crippen LogP contribution in [-0.4, -0.2) is 28.9 Å². The highest BCUT2D eigenvalue weighted by Gasteiger charge is 2.26. The summed E-state index contributed by atoms with van der Waals surface area (Å²) in [6, 6.07) is 7.57.